The van der Waals surface area contributed by atoms with Crippen molar-refractivity contribution >= 4 is 10.0 Å². The third-order valence-corrected chi connectivity index (χ3v) is 5.67. The van der Waals surface area contributed by atoms with Gasteiger partial charge in [-0.1, -0.05) is 6.92 Å². The summed E-state index contributed by atoms with van der Waals surface area (Å²) >= 11 is 0. The number of piperazine rings is 1. The monoisotopic (exact) mass is 275 g/mol. The second-order valence-electron chi connectivity index (χ2n) is 5.30. The van der Waals surface area contributed by atoms with E-state index in [0.717, 1.165) is 32.7 Å². The molecule has 1 aliphatic carbocycles. The molecule has 1 aliphatic heterocycles. The number of rotatable bonds is 7. The molecule has 1 heterocycles. The van der Waals surface area contributed by atoms with Crippen molar-refractivity contribution in [1.82, 2.24) is 14.5 Å². The van der Waals surface area contributed by atoms with Crippen molar-refractivity contribution in [3.05, 3.63) is 0 Å². The van der Waals surface area contributed by atoms with Crippen LogP contribution in [0.4, 0.5) is 0 Å². The van der Waals surface area contributed by atoms with Gasteiger partial charge in [0.2, 0.25) is 10.0 Å². The fraction of sp³-hybridized carbons (Fsp3) is 1.00. The molecule has 0 amide bonds. The van der Waals surface area contributed by atoms with Gasteiger partial charge in [-0.25, -0.2) is 12.7 Å². The Kier molecular flexibility index (Phi) is 5.00. The van der Waals surface area contributed by atoms with Crippen molar-refractivity contribution in [3.63, 3.8) is 0 Å². The highest BCUT2D eigenvalue weighted by Gasteiger charge is 2.29. The van der Waals surface area contributed by atoms with Crippen LogP contribution in [0.1, 0.15) is 19.8 Å². The third kappa shape index (κ3) is 4.19. The molecule has 106 valence electrons. The zero-order valence-corrected chi connectivity index (χ0v) is 12.1. The molecule has 2 rings (SSSR count). The van der Waals surface area contributed by atoms with Crippen LogP contribution in [0.3, 0.4) is 0 Å². The van der Waals surface area contributed by atoms with E-state index in [1.54, 1.807) is 4.31 Å². The first-order valence-electron chi connectivity index (χ1n) is 7.02. The van der Waals surface area contributed by atoms with Crippen molar-refractivity contribution in [2.24, 2.45) is 5.92 Å². The van der Waals surface area contributed by atoms with Gasteiger partial charge in [-0.15, -0.1) is 0 Å². The van der Waals surface area contributed by atoms with Gasteiger partial charge < -0.3 is 5.32 Å². The lowest BCUT2D eigenvalue weighted by atomic mass is 10.4. The molecule has 18 heavy (non-hydrogen) atoms. The lowest BCUT2D eigenvalue weighted by Crippen LogP contribution is -2.46. The van der Waals surface area contributed by atoms with Crippen LogP contribution in [-0.4, -0.2) is 69.2 Å². The molecule has 1 N–H and O–H groups in total. The second kappa shape index (κ2) is 6.32. The van der Waals surface area contributed by atoms with Crippen molar-refractivity contribution in [2.45, 2.75) is 19.8 Å². The Morgan fingerprint density at radius 2 is 1.94 bits per heavy atom. The van der Waals surface area contributed by atoms with E-state index in [0.29, 0.717) is 19.0 Å². The van der Waals surface area contributed by atoms with Gasteiger partial charge in [-0.3, -0.25) is 4.90 Å². The summed E-state index contributed by atoms with van der Waals surface area (Å²) in [5.74, 6) is 0.895. The summed E-state index contributed by atoms with van der Waals surface area (Å²) in [6.07, 6.45) is 2.40. The van der Waals surface area contributed by atoms with Crippen LogP contribution in [0, 0.1) is 5.92 Å². The quantitative estimate of drug-likeness (QED) is 0.708. The molecule has 1 saturated carbocycles. The Morgan fingerprint density at radius 1 is 1.28 bits per heavy atom. The fourth-order valence-corrected chi connectivity index (χ4v) is 3.91. The summed E-state index contributed by atoms with van der Waals surface area (Å²) in [4.78, 5) is 2.24. The van der Waals surface area contributed by atoms with E-state index in [1.165, 1.54) is 12.8 Å². The zero-order valence-electron chi connectivity index (χ0n) is 11.3. The SMILES string of the molecule is CCN(CC1CC1)S(=O)(=O)CCN1CCNCC1. The molecule has 0 radical (unpaired) electrons. The van der Waals surface area contributed by atoms with Crippen LogP contribution in [0.25, 0.3) is 0 Å². The first-order chi connectivity index (χ1) is 8.62. The standard InChI is InChI=1S/C12H25N3O2S/c1-2-15(11-12-3-4-12)18(16,17)10-9-14-7-5-13-6-8-14/h12-13H,2-11H2,1H3. The Morgan fingerprint density at radius 3 is 2.50 bits per heavy atom. The van der Waals surface area contributed by atoms with Crippen molar-refractivity contribution in [3.8, 4) is 0 Å². The number of hydrogen-bond donors (Lipinski definition) is 1. The number of nitrogens with one attached hydrogen (secondary N) is 1. The zero-order chi connectivity index (χ0) is 13.0. The van der Waals surface area contributed by atoms with E-state index in [9.17, 15) is 8.42 Å². The molecule has 5 nitrogen and oxygen atoms in total. The highest BCUT2D eigenvalue weighted by molar-refractivity contribution is 7.89. The first kappa shape index (κ1) is 14.2. The van der Waals surface area contributed by atoms with Gasteiger partial charge >= 0.3 is 0 Å². The Labute approximate surface area is 111 Å². The van der Waals surface area contributed by atoms with Crippen LogP contribution in [-0.2, 0) is 10.0 Å². The van der Waals surface area contributed by atoms with Crippen LogP contribution >= 0.6 is 0 Å². The highest BCUT2D eigenvalue weighted by atomic mass is 32.2. The largest absolute Gasteiger partial charge is 0.314 e. The van der Waals surface area contributed by atoms with Crippen molar-refractivity contribution in [1.29, 1.82) is 0 Å². The van der Waals surface area contributed by atoms with Gasteiger partial charge in [0.25, 0.3) is 0 Å². The predicted molar refractivity (Wildman–Crippen MR) is 73.1 cm³/mol. The molecule has 0 bridgehead atoms. The van der Waals surface area contributed by atoms with E-state index >= 15 is 0 Å². The maximum Gasteiger partial charge on any atom is 0.215 e. The van der Waals surface area contributed by atoms with E-state index in [4.69, 9.17) is 0 Å². The Hall–Kier alpha value is -0.170. The normalized spacial score (nSPS) is 22.6. The van der Waals surface area contributed by atoms with Crippen LogP contribution in [0.5, 0.6) is 0 Å². The minimum Gasteiger partial charge on any atom is -0.314 e. The minimum absolute atomic E-state index is 0.271. The lowest BCUT2D eigenvalue weighted by Gasteiger charge is -2.28. The van der Waals surface area contributed by atoms with Gasteiger partial charge in [0.15, 0.2) is 0 Å². The van der Waals surface area contributed by atoms with Gasteiger partial charge in [0.1, 0.15) is 0 Å². The molecular formula is C12H25N3O2S. The molecular weight excluding hydrogens is 250 g/mol. The molecule has 0 atom stereocenters. The van der Waals surface area contributed by atoms with E-state index in [1.807, 2.05) is 6.92 Å². The molecule has 0 aromatic heterocycles. The van der Waals surface area contributed by atoms with Gasteiger partial charge in [-0.2, -0.15) is 0 Å². The van der Waals surface area contributed by atoms with Crippen molar-refractivity contribution in [2.75, 3.05) is 51.6 Å². The maximum atomic E-state index is 12.3. The van der Waals surface area contributed by atoms with E-state index < -0.39 is 10.0 Å². The first-order valence-corrected chi connectivity index (χ1v) is 8.63. The molecule has 6 heteroatoms. The number of sulfonamides is 1. The summed E-state index contributed by atoms with van der Waals surface area (Å²) in [6, 6.07) is 0. The molecule has 0 spiro atoms. The summed E-state index contributed by atoms with van der Waals surface area (Å²) in [7, 11) is -3.06. The van der Waals surface area contributed by atoms with Gasteiger partial charge in [-0.05, 0) is 18.8 Å². The predicted octanol–water partition coefficient (Wildman–Crippen LogP) is -0.0467. The maximum absolute atomic E-state index is 12.3. The lowest BCUT2D eigenvalue weighted by molar-refractivity contribution is 0.252. The smallest absolute Gasteiger partial charge is 0.215 e. The van der Waals surface area contributed by atoms with Crippen LogP contribution < -0.4 is 5.32 Å². The van der Waals surface area contributed by atoms with E-state index in [-0.39, 0.29) is 5.75 Å². The summed E-state index contributed by atoms with van der Waals surface area (Å²) < 4.78 is 26.2. The van der Waals surface area contributed by atoms with Gasteiger partial charge in [0.05, 0.1) is 5.75 Å². The average molecular weight is 275 g/mol. The van der Waals surface area contributed by atoms with Gasteiger partial charge in [0, 0.05) is 45.8 Å². The molecule has 0 aromatic rings. The number of hydrogen-bond acceptors (Lipinski definition) is 4. The summed E-state index contributed by atoms with van der Waals surface area (Å²) in [5, 5.41) is 3.28. The topological polar surface area (TPSA) is 52.7 Å². The molecule has 0 unspecified atom stereocenters. The number of nitrogens with zero attached hydrogens (tertiary/aromatic N) is 2. The highest BCUT2D eigenvalue weighted by Crippen LogP contribution is 2.30. The summed E-state index contributed by atoms with van der Waals surface area (Å²) in [5.41, 5.74) is 0. The Balaban J connectivity index is 1.80. The van der Waals surface area contributed by atoms with Crippen LogP contribution in [0.2, 0.25) is 0 Å². The Bertz CT molecular complexity index is 348. The third-order valence-electron chi connectivity index (χ3n) is 3.78. The summed E-state index contributed by atoms with van der Waals surface area (Å²) in [6.45, 7) is 7.82. The fourth-order valence-electron chi connectivity index (χ4n) is 2.34. The van der Waals surface area contributed by atoms with E-state index in [2.05, 4.69) is 10.2 Å². The van der Waals surface area contributed by atoms with Crippen LogP contribution in [0.15, 0.2) is 0 Å². The second-order valence-corrected chi connectivity index (χ2v) is 7.39. The molecule has 2 aliphatic rings. The molecule has 0 aromatic carbocycles. The minimum atomic E-state index is -3.06. The molecule has 1 saturated heterocycles. The van der Waals surface area contributed by atoms with Crippen molar-refractivity contribution < 1.29 is 8.42 Å². The molecule has 2 fully saturated rings. The average Bonchev–Trinajstić information content (AvgIpc) is 3.19.